The molecule has 0 bridgehead atoms. The first-order chi connectivity index (χ1) is 19.5. The van der Waals surface area contributed by atoms with Crippen LogP contribution in [0.1, 0.15) is 37.3 Å². The zero-order chi connectivity index (χ0) is 29.3. The van der Waals surface area contributed by atoms with Gasteiger partial charge in [-0.05, 0) is 37.8 Å². The van der Waals surface area contributed by atoms with E-state index in [1.807, 2.05) is 0 Å². The number of sulfone groups is 1. The molecule has 14 nitrogen and oxygen atoms in total. The van der Waals surface area contributed by atoms with Gasteiger partial charge in [-0.2, -0.15) is 19.4 Å². The number of carboxylic acid groups (broad SMARTS) is 1. The molecule has 1 aliphatic carbocycles. The van der Waals surface area contributed by atoms with Gasteiger partial charge in [-0.3, -0.25) is 4.68 Å². The molecule has 15 heteroatoms. The van der Waals surface area contributed by atoms with Crippen LogP contribution in [0.15, 0.2) is 41.7 Å². The summed E-state index contributed by atoms with van der Waals surface area (Å²) in [6, 6.07) is 5.17. The number of aromatic nitrogens is 6. The fourth-order valence-corrected chi connectivity index (χ4v) is 6.26. The van der Waals surface area contributed by atoms with Crippen molar-refractivity contribution in [3.8, 4) is 22.5 Å². The highest BCUT2D eigenvalue weighted by molar-refractivity contribution is 7.91. The number of nitrogen functional groups attached to an aromatic ring is 1. The highest BCUT2D eigenvalue weighted by Gasteiger charge is 2.32. The summed E-state index contributed by atoms with van der Waals surface area (Å²) in [6.07, 6.45) is 8.28. The summed E-state index contributed by atoms with van der Waals surface area (Å²) in [7, 11) is -1.98. The quantitative estimate of drug-likeness (QED) is 0.156. The molecule has 0 radical (unpaired) electrons. The van der Waals surface area contributed by atoms with Crippen molar-refractivity contribution in [3.05, 3.63) is 47.7 Å². The Morgan fingerprint density at radius 1 is 1.22 bits per heavy atom. The van der Waals surface area contributed by atoms with Crippen molar-refractivity contribution < 1.29 is 32.5 Å². The molecule has 4 aromatic rings. The number of carboxylic acids is 1. The van der Waals surface area contributed by atoms with Crippen molar-refractivity contribution in [1.29, 1.82) is 0 Å². The molecule has 1 fully saturated rings. The number of hydrogen-bond donors (Lipinski definition) is 2. The zero-order valence-corrected chi connectivity index (χ0v) is 23.5. The summed E-state index contributed by atoms with van der Waals surface area (Å²) < 4.78 is 40.2. The fourth-order valence-electron chi connectivity index (χ4n) is 5.20. The van der Waals surface area contributed by atoms with Gasteiger partial charge in [0.05, 0.1) is 42.3 Å². The normalized spacial score (nSPS) is 17.7. The molecule has 3 N–H and O–H groups in total. The Morgan fingerprint density at radius 3 is 2.61 bits per heavy atom. The largest absolute Gasteiger partial charge is 0.618 e. The number of rotatable bonds is 10. The Kier molecular flexibility index (Phi) is 7.93. The van der Waals surface area contributed by atoms with Crippen LogP contribution in [0.2, 0.25) is 0 Å². The molecule has 1 aliphatic rings. The minimum atomic E-state index is -3.75. The van der Waals surface area contributed by atoms with E-state index in [0.29, 0.717) is 59.5 Å². The zero-order valence-electron chi connectivity index (χ0n) is 22.6. The molecule has 0 amide bonds. The van der Waals surface area contributed by atoms with E-state index in [1.54, 1.807) is 36.1 Å². The lowest BCUT2D eigenvalue weighted by Gasteiger charge is -2.29. The summed E-state index contributed by atoms with van der Waals surface area (Å²) in [5, 5.41) is 30.1. The maximum absolute atomic E-state index is 12.9. The third kappa shape index (κ3) is 6.01. The van der Waals surface area contributed by atoms with E-state index in [2.05, 4.69) is 10.2 Å². The Bertz CT molecular complexity index is 1690. The standard InChI is InChI=1S/C26H31N7O7S/c1-31-10-9-20(30-31)21-8-5-17(14-32(21)36)19-13-28-33-25(27)24(41(2,37)38)23(29-26(19)33)16-3-6-18(7-4-16)40-12-11-39-15-22(34)35/h5,8-10,13-14,16,18H,3-4,6-7,11-12,15,27H2,1-2H3,(H,34,35). The van der Waals surface area contributed by atoms with E-state index in [-0.39, 0.29) is 42.6 Å². The van der Waals surface area contributed by atoms with Gasteiger partial charge in [0.1, 0.15) is 17.3 Å². The second kappa shape index (κ2) is 11.4. The van der Waals surface area contributed by atoms with Crippen molar-refractivity contribution in [2.75, 3.05) is 31.8 Å². The molecule has 4 heterocycles. The van der Waals surface area contributed by atoms with Gasteiger partial charge in [-0.15, -0.1) is 0 Å². The third-order valence-corrected chi connectivity index (χ3v) is 8.26. The monoisotopic (exact) mass is 585 g/mol. The predicted octanol–water partition coefficient (Wildman–Crippen LogP) is 1.56. The van der Waals surface area contributed by atoms with E-state index >= 15 is 0 Å². The molecule has 1 saturated carbocycles. The van der Waals surface area contributed by atoms with E-state index in [1.165, 1.54) is 16.9 Å². The number of ether oxygens (including phenoxy) is 2. The van der Waals surface area contributed by atoms with Crippen LogP contribution in [-0.4, -0.2) is 76.1 Å². The molecule has 0 saturated heterocycles. The molecule has 218 valence electrons. The number of aliphatic carboxylic acids is 1. The SMILES string of the molecule is Cn1ccc(-c2ccc(-c3cnn4c(N)c(S(C)(=O)=O)c(C5CCC(OCCOCC(=O)O)CC5)nc34)c[n+]2[O-])n1. The van der Waals surface area contributed by atoms with Crippen LogP contribution < -0.4 is 10.5 Å². The van der Waals surface area contributed by atoms with Gasteiger partial charge in [0, 0.05) is 31.5 Å². The maximum Gasteiger partial charge on any atom is 0.329 e. The first-order valence-electron chi connectivity index (χ1n) is 13.0. The molecule has 5 rings (SSSR count). The number of nitrogens with zero attached hydrogens (tertiary/aromatic N) is 6. The molecule has 0 unspecified atom stereocenters. The molecule has 41 heavy (non-hydrogen) atoms. The van der Waals surface area contributed by atoms with E-state index in [0.717, 1.165) is 11.0 Å². The topological polar surface area (TPSA) is 191 Å². The van der Waals surface area contributed by atoms with E-state index < -0.39 is 15.8 Å². The van der Waals surface area contributed by atoms with Gasteiger partial charge in [0.2, 0.25) is 5.69 Å². The minimum Gasteiger partial charge on any atom is -0.618 e. The number of nitrogens with two attached hydrogens (primary N) is 1. The van der Waals surface area contributed by atoms with Crippen molar-refractivity contribution in [3.63, 3.8) is 0 Å². The number of pyridine rings is 1. The lowest BCUT2D eigenvalue weighted by molar-refractivity contribution is -0.593. The van der Waals surface area contributed by atoms with Crippen molar-refractivity contribution in [2.24, 2.45) is 7.05 Å². The van der Waals surface area contributed by atoms with E-state index in [9.17, 15) is 18.4 Å². The summed E-state index contributed by atoms with van der Waals surface area (Å²) in [4.78, 5) is 15.3. The molecule has 4 aromatic heterocycles. The van der Waals surface area contributed by atoms with Gasteiger partial charge in [0.25, 0.3) is 0 Å². The molecule has 0 spiro atoms. The highest BCUT2D eigenvalue weighted by Crippen LogP contribution is 2.39. The number of carbonyl (C=O) groups is 1. The van der Waals surface area contributed by atoms with Gasteiger partial charge in [0.15, 0.2) is 27.4 Å². The van der Waals surface area contributed by atoms with Gasteiger partial charge < -0.3 is 25.5 Å². The number of hydrogen-bond acceptors (Lipinski definition) is 10. The average molecular weight is 586 g/mol. The number of fused-ring (bicyclic) bond motifs is 1. The maximum atomic E-state index is 12.9. The van der Waals surface area contributed by atoms with Crippen LogP contribution in [-0.2, 0) is 31.2 Å². The first-order valence-corrected chi connectivity index (χ1v) is 14.9. The Balaban J connectivity index is 1.43. The van der Waals surface area contributed by atoms with E-state index in [4.69, 9.17) is 25.3 Å². The van der Waals surface area contributed by atoms with Crippen LogP contribution in [0.5, 0.6) is 0 Å². The lowest BCUT2D eigenvalue weighted by atomic mass is 9.85. The number of aryl methyl sites for hydroxylation is 1. The highest BCUT2D eigenvalue weighted by atomic mass is 32.2. The first kappa shape index (κ1) is 28.4. The van der Waals surface area contributed by atoms with Crippen molar-refractivity contribution in [2.45, 2.75) is 42.6 Å². The second-order valence-electron chi connectivity index (χ2n) is 10.1. The molecular formula is C26H31N7O7S. The molecule has 0 aliphatic heterocycles. The van der Waals surface area contributed by atoms with Crippen LogP contribution in [0.4, 0.5) is 5.82 Å². The minimum absolute atomic E-state index is 0.0344. The second-order valence-corrected chi connectivity index (χ2v) is 12.0. The summed E-state index contributed by atoms with van der Waals surface area (Å²) in [6.45, 7) is 0.0709. The summed E-state index contributed by atoms with van der Waals surface area (Å²) >= 11 is 0. The van der Waals surface area contributed by atoms with Crippen LogP contribution in [0.25, 0.3) is 28.2 Å². The molecule has 0 atom stereocenters. The van der Waals surface area contributed by atoms with Crippen molar-refractivity contribution >= 4 is 27.3 Å². The van der Waals surface area contributed by atoms with Crippen LogP contribution in [0.3, 0.4) is 0 Å². The van der Waals surface area contributed by atoms with Crippen molar-refractivity contribution in [1.82, 2.24) is 24.4 Å². The Labute approximate surface area is 235 Å². The smallest absolute Gasteiger partial charge is 0.329 e. The van der Waals surface area contributed by atoms with Gasteiger partial charge >= 0.3 is 5.97 Å². The van der Waals surface area contributed by atoms with Gasteiger partial charge in [-0.25, -0.2) is 18.2 Å². The van der Waals surface area contributed by atoms with Crippen LogP contribution >= 0.6 is 0 Å². The average Bonchev–Trinajstić information content (AvgIpc) is 3.54. The fraction of sp³-hybridized carbons (Fsp3) is 0.423. The molecule has 0 aromatic carbocycles. The molecular weight excluding hydrogens is 554 g/mol. The predicted molar refractivity (Wildman–Crippen MR) is 147 cm³/mol. The Hall–Kier alpha value is -4.08. The van der Waals surface area contributed by atoms with Gasteiger partial charge in [-0.1, -0.05) is 0 Å². The van der Waals surface area contributed by atoms with Crippen LogP contribution in [0, 0.1) is 5.21 Å². The Morgan fingerprint density at radius 2 is 1.98 bits per heavy atom. The summed E-state index contributed by atoms with van der Waals surface area (Å²) in [5.74, 6) is -1.26. The third-order valence-electron chi connectivity index (χ3n) is 7.10. The summed E-state index contributed by atoms with van der Waals surface area (Å²) in [5.41, 5.74) is 9.12. The lowest BCUT2D eigenvalue weighted by Crippen LogP contribution is -2.28. The number of anilines is 1.